The van der Waals surface area contributed by atoms with E-state index in [-0.39, 0.29) is 18.3 Å². The molecule has 0 aliphatic carbocycles. The maximum Gasteiger partial charge on any atom is 0.259 e. The summed E-state index contributed by atoms with van der Waals surface area (Å²) in [6, 6.07) is 10.4. The molecule has 2 aromatic carbocycles. The van der Waals surface area contributed by atoms with Crippen LogP contribution in [0.1, 0.15) is 22.8 Å². The van der Waals surface area contributed by atoms with Crippen molar-refractivity contribution in [1.29, 1.82) is 0 Å². The minimum Gasteiger partial charge on any atom is -0.490 e. The van der Waals surface area contributed by atoms with Crippen molar-refractivity contribution >= 4 is 17.8 Å². The Kier molecular flexibility index (Phi) is 6.95. The first-order chi connectivity index (χ1) is 14.5. The average molecular weight is 411 g/mol. The standard InChI is InChI=1S/C23H25NO6/c1-4-27-21-13-16(6-9-20(21)30-15-23(26)24(2)3)5-8-18(25)17-7-10-19-22(14-17)29-12-11-28-19/h5-10,13-14H,4,11-12,15H2,1-3H3/b8-5+. The Bertz CT molecular complexity index is 951. The van der Waals surface area contributed by atoms with Crippen LogP contribution in [0.15, 0.2) is 42.5 Å². The van der Waals surface area contributed by atoms with E-state index in [0.29, 0.717) is 48.4 Å². The molecule has 1 amide bonds. The summed E-state index contributed by atoms with van der Waals surface area (Å²) in [5.41, 5.74) is 1.29. The van der Waals surface area contributed by atoms with E-state index in [4.69, 9.17) is 18.9 Å². The maximum absolute atomic E-state index is 12.5. The summed E-state index contributed by atoms with van der Waals surface area (Å²) in [6.07, 6.45) is 3.20. The van der Waals surface area contributed by atoms with Gasteiger partial charge in [0.2, 0.25) is 0 Å². The second-order valence-corrected chi connectivity index (χ2v) is 6.77. The van der Waals surface area contributed by atoms with Crippen LogP contribution in [0.2, 0.25) is 0 Å². The lowest BCUT2D eigenvalue weighted by Crippen LogP contribution is -2.27. The smallest absolute Gasteiger partial charge is 0.259 e. The summed E-state index contributed by atoms with van der Waals surface area (Å²) >= 11 is 0. The summed E-state index contributed by atoms with van der Waals surface area (Å²) in [4.78, 5) is 25.7. The normalized spacial score (nSPS) is 12.5. The molecule has 7 nitrogen and oxygen atoms in total. The fourth-order valence-electron chi connectivity index (χ4n) is 2.75. The van der Waals surface area contributed by atoms with Crippen LogP contribution >= 0.6 is 0 Å². The topological polar surface area (TPSA) is 74.3 Å². The van der Waals surface area contributed by atoms with E-state index in [2.05, 4.69) is 0 Å². The lowest BCUT2D eigenvalue weighted by atomic mass is 10.1. The van der Waals surface area contributed by atoms with E-state index in [1.807, 2.05) is 6.92 Å². The number of likely N-dealkylation sites (N-methyl/N-ethyl adjacent to an activating group) is 1. The number of carbonyl (C=O) groups is 2. The van der Waals surface area contributed by atoms with Crippen LogP contribution in [0.25, 0.3) is 6.08 Å². The van der Waals surface area contributed by atoms with Gasteiger partial charge in [0.1, 0.15) is 13.2 Å². The molecule has 0 atom stereocenters. The number of fused-ring (bicyclic) bond motifs is 1. The van der Waals surface area contributed by atoms with Gasteiger partial charge in [-0.15, -0.1) is 0 Å². The number of amides is 1. The lowest BCUT2D eigenvalue weighted by molar-refractivity contribution is -0.130. The van der Waals surface area contributed by atoms with Crippen molar-refractivity contribution in [1.82, 2.24) is 4.90 Å². The quantitative estimate of drug-likeness (QED) is 0.491. The van der Waals surface area contributed by atoms with Crippen LogP contribution in [0.5, 0.6) is 23.0 Å². The molecule has 2 aromatic rings. The molecule has 1 heterocycles. The highest BCUT2D eigenvalue weighted by Crippen LogP contribution is 2.31. The Morgan fingerprint density at radius 2 is 1.77 bits per heavy atom. The van der Waals surface area contributed by atoms with Crippen LogP contribution in [0.3, 0.4) is 0 Å². The highest BCUT2D eigenvalue weighted by molar-refractivity contribution is 6.07. The number of ether oxygens (including phenoxy) is 4. The van der Waals surface area contributed by atoms with Gasteiger partial charge in [0, 0.05) is 19.7 Å². The minimum absolute atomic E-state index is 0.0785. The van der Waals surface area contributed by atoms with Gasteiger partial charge in [-0.05, 0) is 48.9 Å². The Labute approximate surface area is 175 Å². The van der Waals surface area contributed by atoms with Gasteiger partial charge in [-0.2, -0.15) is 0 Å². The number of ketones is 1. The van der Waals surface area contributed by atoms with Crippen LogP contribution in [0, 0.1) is 0 Å². The Balaban J connectivity index is 1.72. The van der Waals surface area contributed by atoms with E-state index in [1.54, 1.807) is 56.6 Å². The summed E-state index contributed by atoms with van der Waals surface area (Å²) < 4.78 is 22.2. The van der Waals surface area contributed by atoms with Gasteiger partial charge >= 0.3 is 0 Å². The SMILES string of the molecule is CCOc1cc(/C=C/C(=O)c2ccc3c(c2)OCCO3)ccc1OCC(=O)N(C)C. The highest BCUT2D eigenvalue weighted by Gasteiger charge is 2.14. The lowest BCUT2D eigenvalue weighted by Gasteiger charge is -2.18. The van der Waals surface area contributed by atoms with E-state index in [1.165, 1.54) is 11.0 Å². The van der Waals surface area contributed by atoms with Gasteiger partial charge in [-0.25, -0.2) is 0 Å². The Morgan fingerprint density at radius 3 is 2.50 bits per heavy atom. The molecule has 1 aliphatic rings. The summed E-state index contributed by atoms with van der Waals surface area (Å²) in [5, 5.41) is 0. The minimum atomic E-state index is -0.151. The third-order valence-corrected chi connectivity index (χ3v) is 4.37. The monoisotopic (exact) mass is 411 g/mol. The van der Waals surface area contributed by atoms with E-state index >= 15 is 0 Å². The largest absolute Gasteiger partial charge is 0.490 e. The first kappa shape index (κ1) is 21.2. The van der Waals surface area contributed by atoms with Gasteiger partial charge in [0.25, 0.3) is 5.91 Å². The van der Waals surface area contributed by atoms with Crippen LogP contribution in [-0.4, -0.2) is 57.1 Å². The van der Waals surface area contributed by atoms with Crippen molar-refractivity contribution < 1.29 is 28.5 Å². The number of benzene rings is 2. The van der Waals surface area contributed by atoms with Crippen molar-refractivity contribution in [3.63, 3.8) is 0 Å². The predicted octanol–water partition coefficient (Wildman–Crippen LogP) is 3.22. The summed E-state index contributed by atoms with van der Waals surface area (Å²) in [5.74, 6) is 1.91. The molecule has 1 aliphatic heterocycles. The summed E-state index contributed by atoms with van der Waals surface area (Å²) in [7, 11) is 3.34. The van der Waals surface area contributed by atoms with Gasteiger partial charge in [-0.3, -0.25) is 9.59 Å². The van der Waals surface area contributed by atoms with Crippen molar-refractivity contribution in [3.8, 4) is 23.0 Å². The molecule has 0 N–H and O–H groups in total. The molecule has 0 saturated heterocycles. The van der Waals surface area contributed by atoms with E-state index < -0.39 is 0 Å². The van der Waals surface area contributed by atoms with Crippen molar-refractivity contribution in [2.45, 2.75) is 6.92 Å². The number of nitrogens with zero attached hydrogens (tertiary/aromatic N) is 1. The number of rotatable bonds is 8. The zero-order chi connectivity index (χ0) is 21.5. The number of carbonyl (C=O) groups excluding carboxylic acids is 2. The van der Waals surface area contributed by atoms with Gasteiger partial charge < -0.3 is 23.8 Å². The maximum atomic E-state index is 12.5. The summed E-state index contributed by atoms with van der Waals surface area (Å²) in [6.45, 7) is 3.20. The number of allylic oxidation sites excluding steroid dienone is 1. The molecule has 0 radical (unpaired) electrons. The first-order valence-corrected chi connectivity index (χ1v) is 9.69. The molecular weight excluding hydrogens is 386 g/mol. The van der Waals surface area contributed by atoms with E-state index in [9.17, 15) is 9.59 Å². The molecule has 0 unspecified atom stereocenters. The third kappa shape index (κ3) is 5.31. The Hall–Kier alpha value is -3.48. The predicted molar refractivity (Wildman–Crippen MR) is 113 cm³/mol. The Morgan fingerprint density at radius 1 is 1.00 bits per heavy atom. The third-order valence-electron chi connectivity index (χ3n) is 4.37. The molecule has 0 aromatic heterocycles. The van der Waals surface area contributed by atoms with Crippen molar-refractivity contribution in [2.75, 3.05) is 40.5 Å². The number of hydrogen-bond donors (Lipinski definition) is 0. The second kappa shape index (κ2) is 9.82. The zero-order valence-corrected chi connectivity index (χ0v) is 17.3. The van der Waals surface area contributed by atoms with E-state index in [0.717, 1.165) is 5.56 Å². The fraction of sp³-hybridized carbons (Fsp3) is 0.304. The van der Waals surface area contributed by atoms with Crippen molar-refractivity contribution in [3.05, 3.63) is 53.6 Å². The molecule has 0 spiro atoms. The fourth-order valence-corrected chi connectivity index (χ4v) is 2.75. The average Bonchev–Trinajstić information content (AvgIpc) is 2.76. The highest BCUT2D eigenvalue weighted by atomic mass is 16.6. The van der Waals surface area contributed by atoms with Gasteiger partial charge in [0.05, 0.1) is 6.61 Å². The molecule has 158 valence electrons. The second-order valence-electron chi connectivity index (χ2n) is 6.77. The molecule has 0 bridgehead atoms. The molecule has 3 rings (SSSR count). The first-order valence-electron chi connectivity index (χ1n) is 9.69. The molecule has 0 saturated carbocycles. The molecule has 30 heavy (non-hydrogen) atoms. The zero-order valence-electron chi connectivity index (χ0n) is 17.3. The molecule has 0 fully saturated rings. The molecule has 7 heteroatoms. The van der Waals surface area contributed by atoms with Crippen molar-refractivity contribution in [2.24, 2.45) is 0 Å². The van der Waals surface area contributed by atoms with Crippen LogP contribution in [-0.2, 0) is 4.79 Å². The van der Waals surface area contributed by atoms with Gasteiger partial charge in [0.15, 0.2) is 35.4 Å². The van der Waals surface area contributed by atoms with Crippen LogP contribution < -0.4 is 18.9 Å². The van der Waals surface area contributed by atoms with Crippen LogP contribution in [0.4, 0.5) is 0 Å². The van der Waals surface area contributed by atoms with Gasteiger partial charge in [-0.1, -0.05) is 12.1 Å². The number of hydrogen-bond acceptors (Lipinski definition) is 6. The molecular formula is C23H25NO6.